The molecule has 0 saturated heterocycles. The molecule has 4 nitrogen and oxygen atoms in total. The topological polar surface area (TPSA) is 66.4 Å². The molecule has 0 aliphatic carbocycles. The molecular weight excluding hydrogens is 238 g/mol. The average Bonchev–Trinajstić information content (AvgIpc) is 2.15. The van der Waals surface area contributed by atoms with Crippen LogP contribution in [0.1, 0.15) is 26.3 Å². The molecule has 0 unspecified atom stereocenters. The Bertz CT molecular complexity index is 458. The standard InChI is InChI=1S/C12H19NO3S/c1-12(2,3)10-4-6-11(7-5-10)13-8-9-17(14,15)16/h4-7,13H,8-9H2,1-3H3,(H,14,15,16). The van der Waals surface area contributed by atoms with Crippen LogP contribution >= 0.6 is 0 Å². The maximum atomic E-state index is 10.5. The molecule has 2 N–H and O–H groups in total. The molecule has 0 heterocycles. The second-order valence-electron chi connectivity index (χ2n) is 5.04. The van der Waals surface area contributed by atoms with Crippen molar-refractivity contribution < 1.29 is 13.0 Å². The van der Waals surface area contributed by atoms with Crippen LogP contribution in [-0.2, 0) is 15.5 Å². The van der Waals surface area contributed by atoms with Crippen molar-refractivity contribution in [3.8, 4) is 0 Å². The van der Waals surface area contributed by atoms with Crippen molar-refractivity contribution >= 4 is 15.8 Å². The monoisotopic (exact) mass is 257 g/mol. The molecule has 0 bridgehead atoms. The van der Waals surface area contributed by atoms with Gasteiger partial charge < -0.3 is 5.32 Å². The predicted molar refractivity (Wildman–Crippen MR) is 70.0 cm³/mol. The molecule has 1 aromatic carbocycles. The van der Waals surface area contributed by atoms with Gasteiger partial charge in [-0.1, -0.05) is 32.9 Å². The van der Waals surface area contributed by atoms with Crippen molar-refractivity contribution in [2.75, 3.05) is 17.6 Å². The zero-order chi connectivity index (χ0) is 13.1. The maximum absolute atomic E-state index is 10.5. The second kappa shape index (κ2) is 5.06. The largest absolute Gasteiger partial charge is 0.384 e. The summed E-state index contributed by atoms with van der Waals surface area (Å²) in [5, 5.41) is 2.94. The number of nitrogens with one attached hydrogen (secondary N) is 1. The van der Waals surface area contributed by atoms with Crippen molar-refractivity contribution in [2.24, 2.45) is 0 Å². The molecule has 0 saturated carbocycles. The highest BCUT2D eigenvalue weighted by Gasteiger charge is 2.12. The van der Waals surface area contributed by atoms with Crippen LogP contribution in [0.15, 0.2) is 24.3 Å². The van der Waals surface area contributed by atoms with Gasteiger partial charge in [0.25, 0.3) is 10.1 Å². The SMILES string of the molecule is CC(C)(C)c1ccc(NCCS(=O)(=O)O)cc1. The lowest BCUT2D eigenvalue weighted by Crippen LogP contribution is -2.15. The Hall–Kier alpha value is -1.07. The normalized spacial score (nSPS) is 12.5. The van der Waals surface area contributed by atoms with Crippen molar-refractivity contribution in [3.05, 3.63) is 29.8 Å². The number of benzene rings is 1. The minimum Gasteiger partial charge on any atom is -0.384 e. The molecule has 0 radical (unpaired) electrons. The summed E-state index contributed by atoms with van der Waals surface area (Å²) in [7, 11) is -3.89. The summed E-state index contributed by atoms with van der Waals surface area (Å²) in [6.07, 6.45) is 0. The first-order chi connectivity index (χ1) is 7.68. The van der Waals surface area contributed by atoms with E-state index in [4.69, 9.17) is 4.55 Å². The number of anilines is 1. The molecule has 0 aliphatic heterocycles. The molecule has 17 heavy (non-hydrogen) atoms. The molecule has 0 fully saturated rings. The molecule has 0 aromatic heterocycles. The van der Waals surface area contributed by atoms with Crippen molar-refractivity contribution in [1.82, 2.24) is 0 Å². The minimum absolute atomic E-state index is 0.104. The third kappa shape index (κ3) is 5.19. The van der Waals surface area contributed by atoms with E-state index in [1.54, 1.807) is 0 Å². The minimum atomic E-state index is -3.89. The molecule has 0 atom stereocenters. The van der Waals surface area contributed by atoms with Crippen LogP contribution in [0.3, 0.4) is 0 Å². The van der Waals surface area contributed by atoms with Gasteiger partial charge in [0.1, 0.15) is 0 Å². The van der Waals surface area contributed by atoms with E-state index in [0.29, 0.717) is 0 Å². The smallest absolute Gasteiger partial charge is 0.266 e. The van der Waals surface area contributed by atoms with Crippen LogP contribution < -0.4 is 5.32 Å². The Morgan fingerprint density at radius 3 is 2.12 bits per heavy atom. The van der Waals surface area contributed by atoms with E-state index in [0.717, 1.165) is 5.69 Å². The quantitative estimate of drug-likeness (QED) is 0.812. The molecule has 5 heteroatoms. The first-order valence-corrected chi connectivity index (χ1v) is 7.09. The van der Waals surface area contributed by atoms with Crippen LogP contribution in [-0.4, -0.2) is 25.3 Å². The average molecular weight is 257 g/mol. The van der Waals surface area contributed by atoms with Crippen molar-refractivity contribution in [1.29, 1.82) is 0 Å². The van der Waals surface area contributed by atoms with Gasteiger partial charge in [-0.15, -0.1) is 0 Å². The maximum Gasteiger partial charge on any atom is 0.266 e. The van der Waals surface area contributed by atoms with Gasteiger partial charge in [-0.2, -0.15) is 8.42 Å². The first kappa shape index (κ1) is 14.0. The van der Waals surface area contributed by atoms with Crippen molar-refractivity contribution in [3.63, 3.8) is 0 Å². The lowest BCUT2D eigenvalue weighted by molar-refractivity contribution is 0.484. The summed E-state index contributed by atoms with van der Waals surface area (Å²) in [4.78, 5) is 0. The van der Waals surface area contributed by atoms with Gasteiger partial charge in [-0.3, -0.25) is 4.55 Å². The lowest BCUT2D eigenvalue weighted by atomic mass is 9.87. The Labute approximate surface area is 103 Å². The number of hydrogen-bond donors (Lipinski definition) is 2. The zero-order valence-electron chi connectivity index (χ0n) is 10.4. The molecular formula is C12H19NO3S. The lowest BCUT2D eigenvalue weighted by Gasteiger charge is -2.19. The molecule has 96 valence electrons. The van der Waals surface area contributed by atoms with E-state index < -0.39 is 10.1 Å². The Kier molecular flexibility index (Phi) is 4.16. The fourth-order valence-corrected chi connectivity index (χ4v) is 1.77. The van der Waals surface area contributed by atoms with E-state index in [1.165, 1.54) is 5.56 Å². The summed E-state index contributed by atoms with van der Waals surface area (Å²) >= 11 is 0. The predicted octanol–water partition coefficient (Wildman–Crippen LogP) is 2.28. The van der Waals surface area contributed by atoms with Crippen LogP contribution in [0.2, 0.25) is 0 Å². The van der Waals surface area contributed by atoms with E-state index in [9.17, 15) is 8.42 Å². The third-order valence-electron chi connectivity index (χ3n) is 2.44. The first-order valence-electron chi connectivity index (χ1n) is 5.48. The summed E-state index contributed by atoms with van der Waals surface area (Å²) in [5.41, 5.74) is 2.17. The molecule has 1 aromatic rings. The van der Waals surface area contributed by atoms with E-state index in [-0.39, 0.29) is 17.7 Å². The highest BCUT2D eigenvalue weighted by atomic mass is 32.2. The van der Waals surface area contributed by atoms with E-state index in [2.05, 4.69) is 26.1 Å². The molecule has 0 aliphatic rings. The van der Waals surface area contributed by atoms with Gasteiger partial charge in [0.2, 0.25) is 0 Å². The van der Waals surface area contributed by atoms with Crippen molar-refractivity contribution in [2.45, 2.75) is 26.2 Å². The van der Waals surface area contributed by atoms with Gasteiger partial charge in [-0.25, -0.2) is 0 Å². The summed E-state index contributed by atoms with van der Waals surface area (Å²) in [6.45, 7) is 6.60. The zero-order valence-corrected chi connectivity index (χ0v) is 11.2. The molecule has 0 spiro atoms. The third-order valence-corrected chi connectivity index (χ3v) is 3.16. The highest BCUT2D eigenvalue weighted by Crippen LogP contribution is 2.23. The Morgan fingerprint density at radius 2 is 1.71 bits per heavy atom. The Morgan fingerprint density at radius 1 is 1.18 bits per heavy atom. The fraction of sp³-hybridized carbons (Fsp3) is 0.500. The molecule has 1 rings (SSSR count). The van der Waals surface area contributed by atoms with Crippen LogP contribution in [0, 0.1) is 0 Å². The van der Waals surface area contributed by atoms with Crippen LogP contribution in [0.25, 0.3) is 0 Å². The highest BCUT2D eigenvalue weighted by molar-refractivity contribution is 7.85. The summed E-state index contributed by atoms with van der Waals surface area (Å²) in [5.74, 6) is -0.284. The van der Waals surface area contributed by atoms with Gasteiger partial charge >= 0.3 is 0 Å². The number of hydrogen-bond acceptors (Lipinski definition) is 3. The number of rotatable bonds is 4. The van der Waals surface area contributed by atoms with Gasteiger partial charge in [0.05, 0.1) is 5.75 Å². The Balaban J connectivity index is 2.58. The fourth-order valence-electron chi connectivity index (χ4n) is 1.41. The van der Waals surface area contributed by atoms with Gasteiger partial charge in [0, 0.05) is 12.2 Å². The molecule has 0 amide bonds. The van der Waals surface area contributed by atoms with Gasteiger partial charge in [0.15, 0.2) is 0 Å². The van der Waals surface area contributed by atoms with E-state index >= 15 is 0 Å². The van der Waals surface area contributed by atoms with Crippen LogP contribution in [0.4, 0.5) is 5.69 Å². The van der Waals surface area contributed by atoms with Gasteiger partial charge in [-0.05, 0) is 23.1 Å². The van der Waals surface area contributed by atoms with E-state index in [1.807, 2.05) is 24.3 Å². The summed E-state index contributed by atoms with van der Waals surface area (Å²) in [6, 6.07) is 7.83. The van der Waals surface area contributed by atoms with Crippen LogP contribution in [0.5, 0.6) is 0 Å². The second-order valence-corrected chi connectivity index (χ2v) is 6.61. The summed E-state index contributed by atoms with van der Waals surface area (Å²) < 4.78 is 29.6.